The van der Waals surface area contributed by atoms with E-state index < -0.39 is 0 Å². The monoisotopic (exact) mass is 262 g/mol. The molecule has 2 aromatic carbocycles. The number of rotatable bonds is 4. The van der Waals surface area contributed by atoms with Crippen LogP contribution in [0.15, 0.2) is 73.4 Å². The highest BCUT2D eigenvalue weighted by molar-refractivity contribution is 5.83. The molecule has 0 atom stereocenters. The van der Waals surface area contributed by atoms with Gasteiger partial charge in [0, 0.05) is 24.6 Å². The minimum atomic E-state index is 0.794. The average Bonchev–Trinajstić information content (AvgIpc) is 2.92. The summed E-state index contributed by atoms with van der Waals surface area (Å²) in [5.74, 6) is 0. The lowest BCUT2D eigenvalue weighted by molar-refractivity contribution is 0.983. The number of benzene rings is 2. The summed E-state index contributed by atoms with van der Waals surface area (Å²) >= 11 is 0. The molecule has 2 nitrogen and oxygen atoms in total. The second-order valence-electron chi connectivity index (χ2n) is 5.00. The smallest absolute Gasteiger partial charge is 0.0576 e. The van der Waals surface area contributed by atoms with Gasteiger partial charge in [-0.05, 0) is 29.7 Å². The van der Waals surface area contributed by atoms with Gasteiger partial charge in [-0.15, -0.1) is 0 Å². The van der Waals surface area contributed by atoms with Crippen LogP contribution in [0.1, 0.15) is 0 Å². The van der Waals surface area contributed by atoms with Crippen LogP contribution in [-0.4, -0.2) is 18.2 Å². The topological polar surface area (TPSA) is 8.17 Å². The Morgan fingerprint density at radius 3 is 2.50 bits per heavy atom. The second-order valence-corrected chi connectivity index (χ2v) is 5.00. The molecule has 1 aromatic heterocycles. The highest BCUT2D eigenvalue weighted by atomic mass is 15.1. The van der Waals surface area contributed by atoms with E-state index in [4.69, 9.17) is 0 Å². The summed E-state index contributed by atoms with van der Waals surface area (Å²) in [6.07, 6.45) is 2.09. The van der Waals surface area contributed by atoms with Crippen molar-refractivity contribution in [2.24, 2.45) is 0 Å². The van der Waals surface area contributed by atoms with Gasteiger partial charge in [0.05, 0.1) is 12.1 Å². The lowest BCUT2D eigenvalue weighted by Crippen LogP contribution is -2.21. The molecule has 3 rings (SSSR count). The van der Waals surface area contributed by atoms with Gasteiger partial charge in [-0.2, -0.15) is 0 Å². The molecule has 3 aromatic rings. The Bertz CT molecular complexity index is 725. The van der Waals surface area contributed by atoms with E-state index in [2.05, 4.69) is 83.9 Å². The molecular weight excluding hydrogens is 244 g/mol. The zero-order chi connectivity index (χ0) is 13.9. The van der Waals surface area contributed by atoms with Gasteiger partial charge in [-0.25, -0.2) is 0 Å². The summed E-state index contributed by atoms with van der Waals surface area (Å²) in [5, 5.41) is 1.25. The standard InChI is InChI=1S/C18H18N2/c1-15(14-19(2)17-9-4-3-5-10-17)20-13-12-16-8-6-7-11-18(16)20/h3-13H,1,14H2,2H3. The molecule has 0 amide bonds. The van der Waals surface area contributed by atoms with E-state index in [9.17, 15) is 0 Å². The number of fused-ring (bicyclic) bond motifs is 1. The molecule has 1 heterocycles. The number of likely N-dealkylation sites (N-methyl/N-ethyl adjacent to an activating group) is 1. The minimum Gasteiger partial charge on any atom is -0.369 e. The first-order valence-electron chi connectivity index (χ1n) is 6.76. The van der Waals surface area contributed by atoms with Crippen molar-refractivity contribution in [3.63, 3.8) is 0 Å². The molecule has 0 radical (unpaired) electrons. The molecule has 0 aliphatic heterocycles. The Morgan fingerprint density at radius 2 is 1.70 bits per heavy atom. The summed E-state index contributed by atoms with van der Waals surface area (Å²) in [5.41, 5.74) is 3.47. The van der Waals surface area contributed by atoms with Crippen molar-refractivity contribution in [2.45, 2.75) is 0 Å². The van der Waals surface area contributed by atoms with Crippen LogP contribution in [0.5, 0.6) is 0 Å². The number of anilines is 1. The van der Waals surface area contributed by atoms with Gasteiger partial charge in [0.1, 0.15) is 0 Å². The first kappa shape index (κ1) is 12.5. The molecule has 0 unspecified atom stereocenters. The van der Waals surface area contributed by atoms with E-state index >= 15 is 0 Å². The van der Waals surface area contributed by atoms with E-state index in [1.54, 1.807) is 0 Å². The number of hydrogen-bond acceptors (Lipinski definition) is 1. The molecule has 0 fully saturated rings. The molecule has 0 bridgehead atoms. The molecular formula is C18H18N2. The van der Waals surface area contributed by atoms with Crippen LogP contribution in [0.25, 0.3) is 16.6 Å². The van der Waals surface area contributed by atoms with Crippen molar-refractivity contribution in [3.8, 4) is 0 Å². The van der Waals surface area contributed by atoms with Gasteiger partial charge in [0.2, 0.25) is 0 Å². The minimum absolute atomic E-state index is 0.794. The molecule has 0 N–H and O–H groups in total. The zero-order valence-electron chi connectivity index (χ0n) is 11.7. The lowest BCUT2D eigenvalue weighted by Gasteiger charge is -2.21. The van der Waals surface area contributed by atoms with Crippen LogP contribution in [-0.2, 0) is 0 Å². The summed E-state index contributed by atoms with van der Waals surface area (Å²) in [6.45, 7) is 5.03. The third kappa shape index (κ3) is 2.32. The normalized spacial score (nSPS) is 10.7. The van der Waals surface area contributed by atoms with E-state index in [1.165, 1.54) is 16.6 Å². The highest BCUT2D eigenvalue weighted by Crippen LogP contribution is 2.20. The van der Waals surface area contributed by atoms with E-state index in [1.807, 2.05) is 6.07 Å². The van der Waals surface area contributed by atoms with Gasteiger partial charge in [0.25, 0.3) is 0 Å². The maximum Gasteiger partial charge on any atom is 0.0576 e. The van der Waals surface area contributed by atoms with Crippen molar-refractivity contribution >= 4 is 22.3 Å². The highest BCUT2D eigenvalue weighted by Gasteiger charge is 2.06. The molecule has 0 saturated carbocycles. The Hall–Kier alpha value is -2.48. The maximum atomic E-state index is 4.23. The molecule has 0 aliphatic rings. The Kier molecular flexibility index (Phi) is 3.30. The number of nitrogens with zero attached hydrogens (tertiary/aromatic N) is 2. The summed E-state index contributed by atoms with van der Waals surface area (Å²) in [6, 6.07) is 20.9. The number of hydrogen-bond donors (Lipinski definition) is 0. The average molecular weight is 262 g/mol. The van der Waals surface area contributed by atoms with Crippen molar-refractivity contribution in [3.05, 3.63) is 73.4 Å². The Balaban J connectivity index is 1.83. The first-order valence-corrected chi connectivity index (χ1v) is 6.76. The van der Waals surface area contributed by atoms with E-state index in [0.717, 1.165) is 12.2 Å². The van der Waals surface area contributed by atoms with Gasteiger partial charge in [0.15, 0.2) is 0 Å². The Morgan fingerprint density at radius 1 is 1.00 bits per heavy atom. The van der Waals surface area contributed by atoms with Gasteiger partial charge in [-0.3, -0.25) is 0 Å². The molecule has 100 valence electrons. The predicted octanol–water partition coefficient (Wildman–Crippen LogP) is 4.25. The van der Waals surface area contributed by atoms with Gasteiger partial charge >= 0.3 is 0 Å². The van der Waals surface area contributed by atoms with Crippen molar-refractivity contribution in [1.82, 2.24) is 4.57 Å². The van der Waals surface area contributed by atoms with Crippen LogP contribution < -0.4 is 4.90 Å². The molecule has 0 aliphatic carbocycles. The van der Waals surface area contributed by atoms with Crippen LogP contribution in [0.3, 0.4) is 0 Å². The van der Waals surface area contributed by atoms with Crippen LogP contribution in [0.4, 0.5) is 5.69 Å². The van der Waals surface area contributed by atoms with E-state index in [-0.39, 0.29) is 0 Å². The van der Waals surface area contributed by atoms with Crippen LogP contribution in [0.2, 0.25) is 0 Å². The maximum absolute atomic E-state index is 4.23. The van der Waals surface area contributed by atoms with Crippen molar-refractivity contribution in [2.75, 3.05) is 18.5 Å². The largest absolute Gasteiger partial charge is 0.369 e. The van der Waals surface area contributed by atoms with Gasteiger partial charge < -0.3 is 9.47 Å². The zero-order valence-corrected chi connectivity index (χ0v) is 11.7. The predicted molar refractivity (Wildman–Crippen MR) is 87.0 cm³/mol. The third-order valence-corrected chi connectivity index (χ3v) is 3.56. The number of aromatic nitrogens is 1. The molecule has 20 heavy (non-hydrogen) atoms. The second kappa shape index (κ2) is 5.25. The molecule has 0 spiro atoms. The fourth-order valence-corrected chi connectivity index (χ4v) is 2.48. The summed E-state index contributed by atoms with van der Waals surface area (Å²) < 4.78 is 2.16. The quantitative estimate of drug-likeness (QED) is 0.682. The van der Waals surface area contributed by atoms with Crippen LogP contribution >= 0.6 is 0 Å². The lowest BCUT2D eigenvalue weighted by atomic mass is 10.2. The molecule has 0 saturated heterocycles. The van der Waals surface area contributed by atoms with Gasteiger partial charge in [-0.1, -0.05) is 43.0 Å². The van der Waals surface area contributed by atoms with E-state index in [0.29, 0.717) is 0 Å². The van der Waals surface area contributed by atoms with Crippen LogP contribution in [0, 0.1) is 0 Å². The fourth-order valence-electron chi connectivity index (χ4n) is 2.48. The molecule has 2 heteroatoms. The Labute approximate surface area is 119 Å². The summed E-state index contributed by atoms with van der Waals surface area (Å²) in [7, 11) is 2.09. The van der Waals surface area contributed by atoms with Crippen molar-refractivity contribution in [1.29, 1.82) is 0 Å². The van der Waals surface area contributed by atoms with Crippen molar-refractivity contribution < 1.29 is 0 Å². The fraction of sp³-hybridized carbons (Fsp3) is 0.111. The first-order chi connectivity index (χ1) is 9.75. The number of para-hydroxylation sites is 2. The SMILES string of the molecule is C=C(CN(C)c1ccccc1)n1ccc2ccccc21. The third-order valence-electron chi connectivity index (χ3n) is 3.56. The summed E-state index contributed by atoms with van der Waals surface area (Å²) in [4.78, 5) is 2.21.